The molecule has 2 rings (SSSR count). The summed E-state index contributed by atoms with van der Waals surface area (Å²) in [6.45, 7) is 8.23. The molecule has 0 aliphatic carbocycles. The minimum Gasteiger partial charge on any atom is -0.488 e. The molecule has 28 heavy (non-hydrogen) atoms. The highest BCUT2D eigenvalue weighted by atomic mass is 16.5. The molecular formula is C22H28N2O4. The molecule has 0 fully saturated rings. The van der Waals surface area contributed by atoms with Crippen molar-refractivity contribution in [2.45, 2.75) is 40.7 Å². The number of nitrogens with one attached hydrogen (secondary N) is 1. The van der Waals surface area contributed by atoms with E-state index in [0.717, 1.165) is 22.4 Å². The van der Waals surface area contributed by atoms with Gasteiger partial charge in [-0.25, -0.2) is 0 Å². The van der Waals surface area contributed by atoms with Crippen molar-refractivity contribution in [2.24, 2.45) is 11.8 Å². The lowest BCUT2D eigenvalue weighted by Crippen LogP contribution is -2.33. The molecule has 0 spiro atoms. The zero-order valence-corrected chi connectivity index (χ0v) is 16.9. The highest BCUT2D eigenvalue weighted by Gasteiger charge is 2.20. The Morgan fingerprint density at radius 2 is 1.89 bits per heavy atom. The van der Waals surface area contributed by atoms with Crippen LogP contribution in [0.5, 0.6) is 5.75 Å². The molecule has 0 aliphatic rings. The summed E-state index contributed by atoms with van der Waals surface area (Å²) in [6.07, 6.45) is 3.99. The lowest BCUT2D eigenvalue weighted by atomic mass is 9.97. The van der Waals surface area contributed by atoms with Crippen molar-refractivity contribution in [2.75, 3.05) is 6.54 Å². The first-order valence-electron chi connectivity index (χ1n) is 9.41. The second kappa shape index (κ2) is 9.88. The first kappa shape index (κ1) is 21.4. The fraction of sp³-hybridized carbons (Fsp3) is 0.409. The number of aryl methyl sites for hydroxylation is 2. The Bertz CT molecular complexity index is 796. The minimum absolute atomic E-state index is 0.115. The number of amides is 1. The number of rotatable bonds is 9. The Hall–Kier alpha value is -2.89. The van der Waals surface area contributed by atoms with E-state index in [2.05, 4.69) is 10.3 Å². The molecule has 1 amide bonds. The second-order valence-corrected chi connectivity index (χ2v) is 7.46. The summed E-state index contributed by atoms with van der Waals surface area (Å²) in [5.74, 6) is -0.767. The highest BCUT2D eigenvalue weighted by molar-refractivity contribution is 5.95. The Labute approximate surface area is 166 Å². The third kappa shape index (κ3) is 6.08. The molecule has 0 saturated carbocycles. The normalized spacial score (nSPS) is 11.9. The molecule has 0 saturated heterocycles. The van der Waals surface area contributed by atoms with E-state index in [0.29, 0.717) is 18.6 Å². The van der Waals surface area contributed by atoms with E-state index in [4.69, 9.17) is 4.74 Å². The van der Waals surface area contributed by atoms with Gasteiger partial charge in [-0.15, -0.1) is 0 Å². The van der Waals surface area contributed by atoms with Crippen LogP contribution in [0, 0.1) is 25.7 Å². The number of carbonyl (C=O) groups excluding carboxylic acids is 1. The maximum Gasteiger partial charge on any atom is 0.308 e. The number of carboxylic acid groups (broad SMARTS) is 1. The van der Waals surface area contributed by atoms with Crippen molar-refractivity contribution < 1.29 is 19.4 Å². The number of carbonyl (C=O) groups is 2. The molecule has 1 heterocycles. The minimum atomic E-state index is -0.888. The first-order chi connectivity index (χ1) is 13.3. The van der Waals surface area contributed by atoms with Crippen LogP contribution in [-0.4, -0.2) is 28.5 Å². The molecule has 1 aromatic carbocycles. The maximum atomic E-state index is 12.5. The van der Waals surface area contributed by atoms with Gasteiger partial charge in [0.25, 0.3) is 5.91 Å². The van der Waals surface area contributed by atoms with Crippen LogP contribution >= 0.6 is 0 Å². The lowest BCUT2D eigenvalue weighted by molar-refractivity contribution is -0.142. The number of hydrogen-bond donors (Lipinski definition) is 2. The topological polar surface area (TPSA) is 88.5 Å². The van der Waals surface area contributed by atoms with E-state index in [-0.39, 0.29) is 18.4 Å². The fourth-order valence-corrected chi connectivity index (χ4v) is 3.11. The number of benzene rings is 1. The van der Waals surface area contributed by atoms with Crippen LogP contribution in [-0.2, 0) is 11.4 Å². The van der Waals surface area contributed by atoms with E-state index >= 15 is 0 Å². The monoisotopic (exact) mass is 384 g/mol. The average molecular weight is 384 g/mol. The molecule has 1 aromatic heterocycles. The molecule has 1 atom stereocenters. The van der Waals surface area contributed by atoms with Gasteiger partial charge in [0.05, 0.1) is 5.92 Å². The smallest absolute Gasteiger partial charge is 0.308 e. The van der Waals surface area contributed by atoms with Crippen LogP contribution in [0.25, 0.3) is 0 Å². The van der Waals surface area contributed by atoms with E-state index in [1.165, 1.54) is 0 Å². The Balaban J connectivity index is 2.04. The second-order valence-electron chi connectivity index (χ2n) is 7.46. The van der Waals surface area contributed by atoms with Crippen molar-refractivity contribution in [3.63, 3.8) is 0 Å². The number of carboxylic acids is 1. The fourth-order valence-electron chi connectivity index (χ4n) is 3.11. The van der Waals surface area contributed by atoms with Gasteiger partial charge in [-0.3, -0.25) is 14.6 Å². The van der Waals surface area contributed by atoms with Gasteiger partial charge in [0.1, 0.15) is 12.4 Å². The van der Waals surface area contributed by atoms with Crippen LogP contribution in [0.15, 0.2) is 36.7 Å². The van der Waals surface area contributed by atoms with Gasteiger partial charge in [0, 0.05) is 30.1 Å². The summed E-state index contributed by atoms with van der Waals surface area (Å²) in [4.78, 5) is 27.9. The van der Waals surface area contributed by atoms with E-state index < -0.39 is 11.9 Å². The SMILES string of the molecule is Cc1cc(C(=O)NCC(CC(C)C)C(=O)O)cc(C)c1OCc1cccnc1. The molecule has 150 valence electrons. The maximum absolute atomic E-state index is 12.5. The van der Waals surface area contributed by atoms with Crippen LogP contribution in [0.4, 0.5) is 0 Å². The lowest BCUT2D eigenvalue weighted by Gasteiger charge is -2.17. The molecule has 6 nitrogen and oxygen atoms in total. The molecule has 0 radical (unpaired) electrons. The van der Waals surface area contributed by atoms with Crippen LogP contribution < -0.4 is 10.1 Å². The van der Waals surface area contributed by atoms with Crippen molar-refractivity contribution >= 4 is 11.9 Å². The van der Waals surface area contributed by atoms with E-state index in [1.54, 1.807) is 24.5 Å². The molecule has 0 bridgehead atoms. The summed E-state index contributed by atoms with van der Waals surface area (Å²) >= 11 is 0. The zero-order chi connectivity index (χ0) is 20.7. The third-order valence-corrected chi connectivity index (χ3v) is 4.44. The number of nitrogens with zero attached hydrogens (tertiary/aromatic N) is 1. The van der Waals surface area contributed by atoms with Gasteiger partial charge in [-0.05, 0) is 55.5 Å². The van der Waals surface area contributed by atoms with E-state index in [9.17, 15) is 14.7 Å². The summed E-state index contributed by atoms with van der Waals surface area (Å²) in [6, 6.07) is 7.32. The predicted molar refractivity (Wildman–Crippen MR) is 107 cm³/mol. The van der Waals surface area contributed by atoms with Crippen LogP contribution in [0.3, 0.4) is 0 Å². The summed E-state index contributed by atoms with van der Waals surface area (Å²) in [7, 11) is 0. The molecule has 0 aliphatic heterocycles. The summed E-state index contributed by atoms with van der Waals surface area (Å²) < 4.78 is 5.91. The van der Waals surface area contributed by atoms with Gasteiger partial charge in [-0.2, -0.15) is 0 Å². The molecule has 6 heteroatoms. The molecule has 2 N–H and O–H groups in total. The summed E-state index contributed by atoms with van der Waals surface area (Å²) in [5, 5.41) is 12.1. The van der Waals surface area contributed by atoms with Crippen molar-refractivity contribution in [3.05, 3.63) is 58.9 Å². The van der Waals surface area contributed by atoms with Gasteiger partial charge in [0.15, 0.2) is 0 Å². The first-order valence-corrected chi connectivity index (χ1v) is 9.41. The quantitative estimate of drug-likeness (QED) is 0.687. The average Bonchev–Trinajstić information content (AvgIpc) is 2.64. The molecule has 1 unspecified atom stereocenters. The number of pyridine rings is 1. The van der Waals surface area contributed by atoms with Gasteiger partial charge >= 0.3 is 5.97 Å². The number of hydrogen-bond acceptors (Lipinski definition) is 4. The van der Waals surface area contributed by atoms with Gasteiger partial charge in [0.2, 0.25) is 0 Å². The predicted octanol–water partition coefficient (Wildman–Crippen LogP) is 3.75. The van der Waals surface area contributed by atoms with Crippen molar-refractivity contribution in [1.82, 2.24) is 10.3 Å². The molecular weight excluding hydrogens is 356 g/mol. The van der Waals surface area contributed by atoms with Crippen molar-refractivity contribution in [3.8, 4) is 5.75 Å². The zero-order valence-electron chi connectivity index (χ0n) is 16.9. The van der Waals surface area contributed by atoms with Gasteiger partial charge in [-0.1, -0.05) is 19.9 Å². The number of ether oxygens (including phenoxy) is 1. The standard InChI is InChI=1S/C22H28N2O4/c1-14(2)8-19(22(26)27)12-24-21(25)18-9-15(3)20(16(4)10-18)28-13-17-6-5-7-23-11-17/h5-7,9-11,14,19H,8,12-13H2,1-4H3,(H,24,25)(H,26,27). The van der Waals surface area contributed by atoms with Crippen LogP contribution in [0.1, 0.15) is 47.3 Å². The van der Waals surface area contributed by atoms with Crippen LogP contribution in [0.2, 0.25) is 0 Å². The Kier molecular flexibility index (Phi) is 7.55. The summed E-state index contributed by atoms with van der Waals surface area (Å²) in [5.41, 5.74) is 3.17. The molecule has 2 aromatic rings. The largest absolute Gasteiger partial charge is 0.488 e. The van der Waals surface area contributed by atoms with E-state index in [1.807, 2.05) is 39.8 Å². The number of aromatic nitrogens is 1. The van der Waals surface area contributed by atoms with Crippen molar-refractivity contribution in [1.29, 1.82) is 0 Å². The third-order valence-electron chi connectivity index (χ3n) is 4.44. The Morgan fingerprint density at radius 3 is 2.43 bits per heavy atom. The van der Waals surface area contributed by atoms with Gasteiger partial charge < -0.3 is 15.2 Å². The highest BCUT2D eigenvalue weighted by Crippen LogP contribution is 2.26. The Morgan fingerprint density at radius 1 is 1.21 bits per heavy atom. The number of aliphatic carboxylic acids is 1.